The first kappa shape index (κ1) is 15.8. The first-order valence-electron chi connectivity index (χ1n) is 9.04. The minimum Gasteiger partial charge on any atom is -0.493 e. The van der Waals surface area contributed by atoms with Crippen molar-refractivity contribution in [3.8, 4) is 17.1 Å². The summed E-state index contributed by atoms with van der Waals surface area (Å²) in [6, 6.07) is 20.3. The molecule has 0 saturated carbocycles. The zero-order chi connectivity index (χ0) is 18.1. The van der Waals surface area contributed by atoms with Gasteiger partial charge < -0.3 is 10.1 Å². The van der Waals surface area contributed by atoms with Crippen LogP contribution in [0.4, 0.5) is 5.82 Å². The second kappa shape index (κ2) is 6.68. The Morgan fingerprint density at radius 3 is 2.74 bits per heavy atom. The van der Waals surface area contributed by atoms with Crippen LogP contribution in [-0.2, 0) is 0 Å². The van der Waals surface area contributed by atoms with Gasteiger partial charge in [0.25, 0.3) is 0 Å². The van der Waals surface area contributed by atoms with Crippen LogP contribution in [0.15, 0.2) is 73.1 Å². The number of nitrogens with zero attached hydrogens (tertiary/aromatic N) is 3. The Balaban J connectivity index is 1.61. The SMILES string of the molecule is c1cncc(-c2nc(N[C@H]3CCOc4ccccc43)c3ccccc3n2)c1. The second-order valence-electron chi connectivity index (χ2n) is 6.53. The third-order valence-corrected chi connectivity index (χ3v) is 4.79. The van der Waals surface area contributed by atoms with Crippen LogP contribution in [0.25, 0.3) is 22.3 Å². The molecule has 2 aromatic heterocycles. The van der Waals surface area contributed by atoms with Crippen molar-refractivity contribution >= 4 is 16.7 Å². The molecule has 0 amide bonds. The molecule has 0 fully saturated rings. The number of hydrogen-bond acceptors (Lipinski definition) is 5. The van der Waals surface area contributed by atoms with Crippen LogP contribution in [0.2, 0.25) is 0 Å². The molecule has 27 heavy (non-hydrogen) atoms. The molecule has 0 spiro atoms. The normalized spacial score (nSPS) is 15.8. The van der Waals surface area contributed by atoms with Crippen molar-refractivity contribution in [1.82, 2.24) is 15.0 Å². The number of pyridine rings is 1. The van der Waals surface area contributed by atoms with Gasteiger partial charge >= 0.3 is 0 Å². The van der Waals surface area contributed by atoms with Crippen molar-refractivity contribution in [3.63, 3.8) is 0 Å². The summed E-state index contributed by atoms with van der Waals surface area (Å²) in [6.07, 6.45) is 4.43. The van der Waals surface area contributed by atoms with Crippen molar-refractivity contribution in [2.45, 2.75) is 12.5 Å². The van der Waals surface area contributed by atoms with E-state index in [-0.39, 0.29) is 6.04 Å². The number of benzene rings is 2. The molecule has 5 rings (SSSR count). The number of ether oxygens (including phenoxy) is 1. The fraction of sp³-hybridized carbons (Fsp3) is 0.136. The van der Waals surface area contributed by atoms with Crippen LogP contribution in [0.1, 0.15) is 18.0 Å². The molecular weight excluding hydrogens is 336 g/mol. The van der Waals surface area contributed by atoms with Crippen molar-refractivity contribution in [3.05, 3.63) is 78.6 Å². The average molecular weight is 354 g/mol. The van der Waals surface area contributed by atoms with Crippen molar-refractivity contribution < 1.29 is 4.74 Å². The maximum atomic E-state index is 5.79. The smallest absolute Gasteiger partial charge is 0.163 e. The van der Waals surface area contributed by atoms with Gasteiger partial charge in [0.05, 0.1) is 18.2 Å². The molecule has 1 aliphatic heterocycles. The molecule has 0 aliphatic carbocycles. The van der Waals surface area contributed by atoms with Gasteiger partial charge in [0.15, 0.2) is 5.82 Å². The van der Waals surface area contributed by atoms with Crippen LogP contribution < -0.4 is 10.1 Å². The molecule has 1 aliphatic rings. The molecule has 5 nitrogen and oxygen atoms in total. The summed E-state index contributed by atoms with van der Waals surface area (Å²) in [5, 5.41) is 4.65. The maximum Gasteiger partial charge on any atom is 0.163 e. The quantitative estimate of drug-likeness (QED) is 0.581. The number of fused-ring (bicyclic) bond motifs is 2. The van der Waals surface area contributed by atoms with Crippen LogP contribution in [0.5, 0.6) is 5.75 Å². The highest BCUT2D eigenvalue weighted by Gasteiger charge is 2.22. The number of nitrogens with one attached hydrogen (secondary N) is 1. The van der Waals surface area contributed by atoms with Crippen LogP contribution in [0, 0.1) is 0 Å². The van der Waals surface area contributed by atoms with Crippen LogP contribution >= 0.6 is 0 Å². The molecule has 0 bridgehead atoms. The van der Waals surface area contributed by atoms with Gasteiger partial charge in [-0.05, 0) is 30.3 Å². The Morgan fingerprint density at radius 1 is 0.926 bits per heavy atom. The standard InChI is InChI=1S/C22H18N4O/c1-3-9-18-17(8-1)22(26-21(24-18)15-6-5-12-23-14-15)25-19-11-13-27-20-10-4-2-7-16(19)20/h1-10,12,14,19H,11,13H2,(H,24,25,26)/t19-/m0/s1. The molecule has 2 aromatic carbocycles. The van der Waals surface area contributed by atoms with E-state index in [4.69, 9.17) is 14.7 Å². The van der Waals surface area contributed by atoms with Crippen LogP contribution in [-0.4, -0.2) is 21.6 Å². The molecule has 0 saturated heterocycles. The van der Waals surface area contributed by atoms with Crippen molar-refractivity contribution in [1.29, 1.82) is 0 Å². The minimum absolute atomic E-state index is 0.148. The number of hydrogen-bond donors (Lipinski definition) is 1. The number of para-hydroxylation sites is 2. The average Bonchev–Trinajstić information content (AvgIpc) is 2.74. The molecule has 1 N–H and O–H groups in total. The first-order chi connectivity index (χ1) is 13.4. The maximum absolute atomic E-state index is 5.79. The molecular formula is C22H18N4O. The highest BCUT2D eigenvalue weighted by molar-refractivity contribution is 5.90. The number of anilines is 1. The van der Waals surface area contributed by atoms with Gasteiger partial charge in [-0.1, -0.05) is 30.3 Å². The zero-order valence-corrected chi connectivity index (χ0v) is 14.7. The van der Waals surface area contributed by atoms with E-state index in [1.54, 1.807) is 12.4 Å². The third kappa shape index (κ3) is 2.97. The Kier molecular flexibility index (Phi) is 3.90. The van der Waals surface area contributed by atoms with E-state index in [9.17, 15) is 0 Å². The van der Waals surface area contributed by atoms with Gasteiger partial charge in [-0.2, -0.15) is 0 Å². The highest BCUT2D eigenvalue weighted by atomic mass is 16.5. The van der Waals surface area contributed by atoms with E-state index >= 15 is 0 Å². The summed E-state index contributed by atoms with van der Waals surface area (Å²) in [4.78, 5) is 13.8. The Labute approximate surface area is 157 Å². The molecule has 5 heteroatoms. The molecule has 0 unspecified atom stereocenters. The molecule has 3 heterocycles. The summed E-state index contributed by atoms with van der Waals surface area (Å²) in [5.41, 5.74) is 2.97. The van der Waals surface area contributed by atoms with Gasteiger partial charge in [-0.25, -0.2) is 9.97 Å². The topological polar surface area (TPSA) is 59.9 Å². The van der Waals surface area contributed by atoms with Gasteiger partial charge in [-0.3, -0.25) is 4.98 Å². The lowest BCUT2D eigenvalue weighted by Crippen LogP contribution is -2.21. The number of aromatic nitrogens is 3. The lowest BCUT2D eigenvalue weighted by molar-refractivity contribution is 0.274. The Morgan fingerprint density at radius 2 is 1.81 bits per heavy atom. The van der Waals surface area contributed by atoms with E-state index in [1.165, 1.54) is 0 Å². The zero-order valence-electron chi connectivity index (χ0n) is 14.7. The minimum atomic E-state index is 0.148. The molecule has 1 atom stereocenters. The predicted molar refractivity (Wildman–Crippen MR) is 106 cm³/mol. The Hall–Kier alpha value is -3.47. The summed E-state index contributed by atoms with van der Waals surface area (Å²) in [6.45, 7) is 0.688. The van der Waals surface area contributed by atoms with E-state index in [1.807, 2.05) is 48.5 Å². The fourth-order valence-electron chi connectivity index (χ4n) is 3.47. The fourth-order valence-corrected chi connectivity index (χ4v) is 3.47. The predicted octanol–water partition coefficient (Wildman–Crippen LogP) is 4.63. The molecule has 132 valence electrons. The highest BCUT2D eigenvalue weighted by Crippen LogP contribution is 2.35. The van der Waals surface area contributed by atoms with E-state index in [2.05, 4.69) is 22.4 Å². The monoisotopic (exact) mass is 354 g/mol. The van der Waals surface area contributed by atoms with Crippen molar-refractivity contribution in [2.75, 3.05) is 11.9 Å². The van der Waals surface area contributed by atoms with Crippen molar-refractivity contribution in [2.24, 2.45) is 0 Å². The van der Waals surface area contributed by atoms with Gasteiger partial charge in [0, 0.05) is 35.3 Å². The first-order valence-corrected chi connectivity index (χ1v) is 9.04. The van der Waals surface area contributed by atoms with E-state index < -0.39 is 0 Å². The number of rotatable bonds is 3. The summed E-state index contributed by atoms with van der Waals surface area (Å²) < 4.78 is 5.79. The van der Waals surface area contributed by atoms with E-state index in [0.29, 0.717) is 12.4 Å². The van der Waals surface area contributed by atoms with Gasteiger partial charge in [0.1, 0.15) is 11.6 Å². The third-order valence-electron chi connectivity index (χ3n) is 4.79. The van der Waals surface area contributed by atoms with Crippen LogP contribution in [0.3, 0.4) is 0 Å². The van der Waals surface area contributed by atoms with E-state index in [0.717, 1.165) is 40.0 Å². The molecule has 4 aromatic rings. The largest absolute Gasteiger partial charge is 0.493 e. The molecule has 0 radical (unpaired) electrons. The lowest BCUT2D eigenvalue weighted by Gasteiger charge is -2.27. The summed E-state index contributed by atoms with van der Waals surface area (Å²) in [7, 11) is 0. The van der Waals surface area contributed by atoms with Gasteiger partial charge in [-0.15, -0.1) is 0 Å². The lowest BCUT2D eigenvalue weighted by atomic mass is 10.0. The Bertz CT molecular complexity index is 1100. The summed E-state index contributed by atoms with van der Waals surface area (Å²) >= 11 is 0. The second-order valence-corrected chi connectivity index (χ2v) is 6.53. The van der Waals surface area contributed by atoms with Gasteiger partial charge in [0.2, 0.25) is 0 Å². The summed E-state index contributed by atoms with van der Waals surface area (Å²) in [5.74, 6) is 2.44.